The SMILES string of the molecule is CCn1ccnc1C(=O)C1(OC)CCOCC1. The van der Waals surface area contributed by atoms with Crippen LogP contribution < -0.4 is 0 Å². The van der Waals surface area contributed by atoms with E-state index in [4.69, 9.17) is 9.47 Å². The van der Waals surface area contributed by atoms with Gasteiger partial charge in [0.05, 0.1) is 0 Å². The molecule has 5 nitrogen and oxygen atoms in total. The van der Waals surface area contributed by atoms with E-state index in [0.717, 1.165) is 6.54 Å². The molecule has 1 aliphatic rings. The van der Waals surface area contributed by atoms with Crippen molar-refractivity contribution in [3.63, 3.8) is 0 Å². The first-order valence-electron chi connectivity index (χ1n) is 5.92. The maximum Gasteiger partial charge on any atom is 0.230 e. The van der Waals surface area contributed by atoms with Gasteiger partial charge >= 0.3 is 0 Å². The number of hydrogen-bond acceptors (Lipinski definition) is 4. The molecule has 0 atom stereocenters. The molecule has 0 aromatic carbocycles. The second-order valence-electron chi connectivity index (χ2n) is 4.18. The number of carbonyl (C=O) groups is 1. The van der Waals surface area contributed by atoms with Crippen molar-refractivity contribution in [2.75, 3.05) is 20.3 Å². The smallest absolute Gasteiger partial charge is 0.230 e. The van der Waals surface area contributed by atoms with Gasteiger partial charge in [-0.15, -0.1) is 0 Å². The average Bonchev–Trinajstić information content (AvgIpc) is 2.86. The predicted octanol–water partition coefficient (Wildman–Crippen LogP) is 1.28. The second-order valence-corrected chi connectivity index (χ2v) is 4.18. The number of rotatable bonds is 4. The van der Waals surface area contributed by atoms with E-state index < -0.39 is 5.60 Å². The van der Waals surface area contributed by atoms with Gasteiger partial charge < -0.3 is 14.0 Å². The molecule has 2 heterocycles. The van der Waals surface area contributed by atoms with E-state index in [1.807, 2.05) is 17.7 Å². The van der Waals surface area contributed by atoms with Crippen LogP contribution in [-0.4, -0.2) is 41.3 Å². The second kappa shape index (κ2) is 4.98. The molecule has 0 bridgehead atoms. The summed E-state index contributed by atoms with van der Waals surface area (Å²) in [5.74, 6) is 0.450. The standard InChI is InChI=1S/C12H18N2O3/c1-3-14-7-6-13-11(14)10(15)12(16-2)4-8-17-9-5-12/h6-7H,3-5,8-9H2,1-2H3. The quantitative estimate of drug-likeness (QED) is 0.741. The molecule has 1 aliphatic heterocycles. The van der Waals surface area contributed by atoms with E-state index in [-0.39, 0.29) is 5.78 Å². The molecule has 1 aromatic rings. The Kier molecular flexibility index (Phi) is 3.59. The van der Waals surface area contributed by atoms with Crippen molar-refractivity contribution in [1.82, 2.24) is 9.55 Å². The number of aryl methyl sites for hydroxylation is 1. The highest BCUT2D eigenvalue weighted by Gasteiger charge is 2.42. The van der Waals surface area contributed by atoms with E-state index in [2.05, 4.69) is 4.98 Å². The normalized spacial score (nSPS) is 19.2. The zero-order chi connectivity index (χ0) is 12.3. The lowest BCUT2D eigenvalue weighted by Crippen LogP contribution is -2.46. The minimum Gasteiger partial charge on any atom is -0.381 e. The lowest BCUT2D eigenvalue weighted by Gasteiger charge is -2.33. The maximum absolute atomic E-state index is 12.5. The summed E-state index contributed by atoms with van der Waals surface area (Å²) in [4.78, 5) is 16.7. The summed E-state index contributed by atoms with van der Waals surface area (Å²) in [6.07, 6.45) is 4.66. The summed E-state index contributed by atoms with van der Waals surface area (Å²) in [6, 6.07) is 0. The number of imidazole rings is 1. The lowest BCUT2D eigenvalue weighted by molar-refractivity contribution is -0.0669. The van der Waals surface area contributed by atoms with Gasteiger partial charge in [-0.3, -0.25) is 4.79 Å². The summed E-state index contributed by atoms with van der Waals surface area (Å²) in [6.45, 7) is 3.85. The fourth-order valence-corrected chi connectivity index (χ4v) is 2.20. The van der Waals surface area contributed by atoms with Crippen LogP contribution in [0.25, 0.3) is 0 Å². The van der Waals surface area contributed by atoms with Crippen molar-refractivity contribution in [1.29, 1.82) is 0 Å². The van der Waals surface area contributed by atoms with E-state index in [1.165, 1.54) is 0 Å². The summed E-state index contributed by atoms with van der Waals surface area (Å²) in [5.41, 5.74) is -0.753. The maximum atomic E-state index is 12.5. The highest BCUT2D eigenvalue weighted by atomic mass is 16.5. The number of nitrogens with zero attached hydrogens (tertiary/aromatic N) is 2. The van der Waals surface area contributed by atoms with E-state index in [1.54, 1.807) is 13.3 Å². The molecule has 17 heavy (non-hydrogen) atoms. The molecule has 0 amide bonds. The topological polar surface area (TPSA) is 53.4 Å². The lowest BCUT2D eigenvalue weighted by atomic mass is 9.88. The van der Waals surface area contributed by atoms with Crippen LogP contribution in [0.4, 0.5) is 0 Å². The molecule has 1 fully saturated rings. The van der Waals surface area contributed by atoms with Crippen molar-refractivity contribution in [2.45, 2.75) is 31.9 Å². The van der Waals surface area contributed by atoms with Crippen LogP contribution >= 0.6 is 0 Å². The Hall–Kier alpha value is -1.20. The summed E-state index contributed by atoms with van der Waals surface area (Å²) >= 11 is 0. The fourth-order valence-electron chi connectivity index (χ4n) is 2.20. The Morgan fingerprint density at radius 3 is 2.88 bits per heavy atom. The average molecular weight is 238 g/mol. The van der Waals surface area contributed by atoms with E-state index in [9.17, 15) is 4.79 Å². The van der Waals surface area contributed by atoms with Crippen LogP contribution in [0.2, 0.25) is 0 Å². The Morgan fingerprint density at radius 2 is 2.29 bits per heavy atom. The van der Waals surface area contributed by atoms with Crippen LogP contribution in [0.5, 0.6) is 0 Å². The molecular formula is C12H18N2O3. The van der Waals surface area contributed by atoms with Gasteiger partial charge in [0.25, 0.3) is 0 Å². The molecule has 0 spiro atoms. The zero-order valence-corrected chi connectivity index (χ0v) is 10.3. The number of ketones is 1. The largest absolute Gasteiger partial charge is 0.381 e. The number of methoxy groups -OCH3 is 1. The number of Topliss-reactive ketones (excluding diaryl/α,β-unsaturated/α-hetero) is 1. The van der Waals surface area contributed by atoms with E-state index >= 15 is 0 Å². The first kappa shape index (κ1) is 12.3. The van der Waals surface area contributed by atoms with Crippen LogP contribution in [0.15, 0.2) is 12.4 Å². The monoisotopic (exact) mass is 238 g/mol. The van der Waals surface area contributed by atoms with Crippen molar-refractivity contribution in [2.24, 2.45) is 0 Å². The molecule has 0 N–H and O–H groups in total. The third-order valence-corrected chi connectivity index (χ3v) is 3.36. The molecule has 94 valence electrons. The Balaban J connectivity index is 2.28. The van der Waals surface area contributed by atoms with Crippen LogP contribution in [0.3, 0.4) is 0 Å². The van der Waals surface area contributed by atoms with Gasteiger partial charge in [0.2, 0.25) is 5.78 Å². The Bertz CT molecular complexity index is 394. The summed E-state index contributed by atoms with van der Waals surface area (Å²) in [7, 11) is 1.59. The van der Waals surface area contributed by atoms with Crippen LogP contribution in [0.1, 0.15) is 30.4 Å². The van der Waals surface area contributed by atoms with Gasteiger partial charge in [-0.2, -0.15) is 0 Å². The van der Waals surface area contributed by atoms with Crippen molar-refractivity contribution in [3.8, 4) is 0 Å². The van der Waals surface area contributed by atoms with Gasteiger partial charge in [-0.1, -0.05) is 0 Å². The molecule has 1 aromatic heterocycles. The number of hydrogen-bond donors (Lipinski definition) is 0. The molecule has 5 heteroatoms. The highest BCUT2D eigenvalue weighted by molar-refractivity contribution is 5.99. The number of carbonyl (C=O) groups excluding carboxylic acids is 1. The third kappa shape index (κ3) is 2.12. The molecule has 1 saturated heterocycles. The zero-order valence-electron chi connectivity index (χ0n) is 10.3. The Labute approximate surface area is 101 Å². The van der Waals surface area contributed by atoms with Gasteiger partial charge in [-0.05, 0) is 6.92 Å². The predicted molar refractivity (Wildman–Crippen MR) is 62.0 cm³/mol. The first-order valence-corrected chi connectivity index (χ1v) is 5.92. The third-order valence-electron chi connectivity index (χ3n) is 3.36. The van der Waals surface area contributed by atoms with Crippen molar-refractivity contribution >= 4 is 5.78 Å². The molecular weight excluding hydrogens is 220 g/mol. The van der Waals surface area contributed by atoms with Crippen molar-refractivity contribution in [3.05, 3.63) is 18.2 Å². The van der Waals surface area contributed by atoms with E-state index in [0.29, 0.717) is 31.9 Å². The number of ether oxygens (including phenoxy) is 2. The van der Waals surface area contributed by atoms with Crippen molar-refractivity contribution < 1.29 is 14.3 Å². The molecule has 0 saturated carbocycles. The van der Waals surface area contributed by atoms with Gasteiger partial charge in [0.15, 0.2) is 5.82 Å². The van der Waals surface area contributed by atoms with Crippen LogP contribution in [-0.2, 0) is 16.0 Å². The van der Waals surface area contributed by atoms with Gasteiger partial charge in [-0.25, -0.2) is 4.98 Å². The minimum atomic E-state index is -0.753. The highest BCUT2D eigenvalue weighted by Crippen LogP contribution is 2.28. The van der Waals surface area contributed by atoms with Crippen LogP contribution in [0, 0.1) is 0 Å². The molecule has 0 unspecified atom stereocenters. The summed E-state index contributed by atoms with van der Waals surface area (Å²) < 4.78 is 12.6. The summed E-state index contributed by atoms with van der Waals surface area (Å²) in [5, 5.41) is 0. The van der Waals surface area contributed by atoms with Gasteiger partial charge in [0, 0.05) is 52.1 Å². The Morgan fingerprint density at radius 1 is 1.59 bits per heavy atom. The van der Waals surface area contributed by atoms with Gasteiger partial charge in [0.1, 0.15) is 5.60 Å². The fraction of sp³-hybridized carbons (Fsp3) is 0.667. The minimum absolute atomic E-state index is 0.0323. The molecule has 0 aliphatic carbocycles. The molecule has 2 rings (SSSR count). The molecule has 0 radical (unpaired) electrons. The number of aromatic nitrogens is 2. The first-order chi connectivity index (χ1) is 8.23.